The number of hydrogen-bond donors (Lipinski definition) is 1. The van der Waals surface area contributed by atoms with Gasteiger partial charge in [-0.2, -0.15) is 11.8 Å². The highest BCUT2D eigenvalue weighted by molar-refractivity contribution is 7.98. The van der Waals surface area contributed by atoms with Crippen molar-refractivity contribution in [3.8, 4) is 0 Å². The summed E-state index contributed by atoms with van der Waals surface area (Å²) in [5.74, 6) is 2.06. The van der Waals surface area contributed by atoms with Gasteiger partial charge in [-0.15, -0.1) is 0 Å². The maximum absolute atomic E-state index is 12.2. The van der Waals surface area contributed by atoms with Crippen LogP contribution in [0.2, 0.25) is 0 Å². The van der Waals surface area contributed by atoms with E-state index < -0.39 is 0 Å². The van der Waals surface area contributed by atoms with Gasteiger partial charge < -0.3 is 10.2 Å². The molecule has 0 aliphatic carbocycles. The number of nitrogens with one attached hydrogen (secondary N) is 1. The van der Waals surface area contributed by atoms with Crippen LogP contribution in [0.1, 0.15) is 25.0 Å². The molecule has 1 saturated heterocycles. The van der Waals surface area contributed by atoms with Gasteiger partial charge in [0.1, 0.15) is 0 Å². The summed E-state index contributed by atoms with van der Waals surface area (Å²) in [5.41, 5.74) is 1.08. The van der Waals surface area contributed by atoms with E-state index in [9.17, 15) is 4.79 Å². The number of pyridine rings is 1. The standard InChI is InChI=1S/C15H23N3OS/c1-16-11-14-6-4-9-18(14)15(19)7-10-20-12-13-5-2-3-8-17-13/h2-3,5,8,14,16H,4,6-7,9-12H2,1H3. The Labute approximate surface area is 125 Å². The Hall–Kier alpha value is -1.07. The van der Waals surface area contributed by atoms with Crippen LogP contribution in [0.3, 0.4) is 0 Å². The van der Waals surface area contributed by atoms with Crippen molar-refractivity contribution in [1.82, 2.24) is 15.2 Å². The molecule has 0 bridgehead atoms. The molecule has 20 heavy (non-hydrogen) atoms. The third-order valence-electron chi connectivity index (χ3n) is 3.57. The van der Waals surface area contributed by atoms with Crippen molar-refractivity contribution in [3.63, 3.8) is 0 Å². The zero-order chi connectivity index (χ0) is 14.2. The van der Waals surface area contributed by atoms with E-state index in [1.54, 1.807) is 11.8 Å². The third-order valence-corrected chi connectivity index (χ3v) is 4.57. The van der Waals surface area contributed by atoms with Crippen LogP contribution < -0.4 is 5.32 Å². The summed E-state index contributed by atoms with van der Waals surface area (Å²) < 4.78 is 0. The average molecular weight is 293 g/mol. The van der Waals surface area contributed by atoms with Crippen LogP contribution in [0, 0.1) is 0 Å². The van der Waals surface area contributed by atoms with E-state index in [2.05, 4.69) is 15.2 Å². The van der Waals surface area contributed by atoms with E-state index in [1.807, 2.05) is 31.4 Å². The highest BCUT2D eigenvalue weighted by atomic mass is 32.2. The zero-order valence-corrected chi connectivity index (χ0v) is 12.9. The molecule has 1 aliphatic rings. The minimum Gasteiger partial charge on any atom is -0.338 e. The van der Waals surface area contributed by atoms with Crippen molar-refractivity contribution in [2.45, 2.75) is 31.1 Å². The number of carbonyl (C=O) groups is 1. The summed E-state index contributed by atoms with van der Waals surface area (Å²) in [6.45, 7) is 1.84. The highest BCUT2D eigenvalue weighted by Gasteiger charge is 2.27. The van der Waals surface area contributed by atoms with E-state index in [0.717, 1.165) is 43.1 Å². The van der Waals surface area contributed by atoms with E-state index in [-0.39, 0.29) is 0 Å². The summed E-state index contributed by atoms with van der Waals surface area (Å²) in [7, 11) is 1.95. The van der Waals surface area contributed by atoms with Gasteiger partial charge in [0.25, 0.3) is 0 Å². The van der Waals surface area contributed by atoms with Crippen LogP contribution in [0.4, 0.5) is 0 Å². The molecule has 1 amide bonds. The lowest BCUT2D eigenvalue weighted by Crippen LogP contribution is -2.40. The summed E-state index contributed by atoms with van der Waals surface area (Å²) >= 11 is 1.78. The van der Waals surface area contributed by atoms with Crippen LogP contribution in [0.15, 0.2) is 24.4 Å². The van der Waals surface area contributed by atoms with E-state index in [1.165, 1.54) is 0 Å². The van der Waals surface area contributed by atoms with Gasteiger partial charge in [-0.1, -0.05) is 6.07 Å². The number of thioether (sulfide) groups is 1. The number of carbonyl (C=O) groups excluding carboxylic acids is 1. The molecule has 1 fully saturated rings. The molecular weight excluding hydrogens is 270 g/mol. The topological polar surface area (TPSA) is 45.2 Å². The molecule has 1 atom stereocenters. The molecule has 0 saturated carbocycles. The number of likely N-dealkylation sites (N-methyl/N-ethyl adjacent to an activating group) is 1. The predicted octanol–water partition coefficient (Wildman–Crippen LogP) is 1.92. The first-order chi connectivity index (χ1) is 9.81. The fraction of sp³-hybridized carbons (Fsp3) is 0.600. The van der Waals surface area contributed by atoms with E-state index >= 15 is 0 Å². The van der Waals surface area contributed by atoms with E-state index in [4.69, 9.17) is 0 Å². The van der Waals surface area contributed by atoms with Gasteiger partial charge in [-0.25, -0.2) is 0 Å². The summed E-state index contributed by atoms with van der Waals surface area (Å²) in [6, 6.07) is 6.35. The van der Waals surface area contributed by atoms with Gasteiger partial charge in [0.2, 0.25) is 5.91 Å². The van der Waals surface area contributed by atoms with Crippen LogP contribution in [-0.4, -0.2) is 47.7 Å². The van der Waals surface area contributed by atoms with Gasteiger partial charge in [0, 0.05) is 43.3 Å². The zero-order valence-electron chi connectivity index (χ0n) is 12.0. The van der Waals surface area contributed by atoms with Gasteiger partial charge in [-0.3, -0.25) is 9.78 Å². The first-order valence-corrected chi connectivity index (χ1v) is 8.38. The highest BCUT2D eigenvalue weighted by Crippen LogP contribution is 2.19. The molecule has 1 aromatic rings. The van der Waals surface area contributed by atoms with Gasteiger partial charge in [0.05, 0.1) is 5.69 Å². The maximum Gasteiger partial charge on any atom is 0.223 e. The average Bonchev–Trinajstić information content (AvgIpc) is 2.93. The molecule has 1 unspecified atom stereocenters. The fourth-order valence-electron chi connectivity index (χ4n) is 2.58. The Morgan fingerprint density at radius 2 is 2.45 bits per heavy atom. The number of rotatable bonds is 7. The molecule has 0 radical (unpaired) electrons. The van der Waals surface area contributed by atoms with Crippen molar-refractivity contribution < 1.29 is 4.79 Å². The Kier molecular flexibility index (Phi) is 6.33. The molecule has 2 rings (SSSR count). The SMILES string of the molecule is CNCC1CCCN1C(=O)CCSCc1ccccn1. The van der Waals surface area contributed by atoms with Crippen LogP contribution in [0.5, 0.6) is 0 Å². The van der Waals surface area contributed by atoms with Crippen LogP contribution in [0.25, 0.3) is 0 Å². The Bertz CT molecular complexity index is 413. The molecule has 0 aromatic carbocycles. The van der Waals surface area contributed by atoms with Crippen molar-refractivity contribution in [1.29, 1.82) is 0 Å². The summed E-state index contributed by atoms with van der Waals surface area (Å²) in [4.78, 5) is 18.5. The molecule has 5 heteroatoms. The largest absolute Gasteiger partial charge is 0.338 e. The van der Waals surface area contributed by atoms with Gasteiger partial charge >= 0.3 is 0 Å². The second-order valence-electron chi connectivity index (χ2n) is 5.06. The third kappa shape index (κ3) is 4.49. The number of nitrogens with zero attached hydrogens (tertiary/aromatic N) is 2. The number of likely N-dealkylation sites (tertiary alicyclic amines) is 1. The molecule has 1 aliphatic heterocycles. The minimum atomic E-state index is 0.302. The first-order valence-electron chi connectivity index (χ1n) is 7.23. The normalized spacial score (nSPS) is 18.4. The maximum atomic E-state index is 12.2. The molecule has 1 aromatic heterocycles. The van der Waals surface area contributed by atoms with Crippen LogP contribution in [-0.2, 0) is 10.5 Å². The van der Waals surface area contributed by atoms with E-state index in [0.29, 0.717) is 18.4 Å². The van der Waals surface area contributed by atoms with Crippen molar-refractivity contribution >= 4 is 17.7 Å². The quantitative estimate of drug-likeness (QED) is 0.780. The fourth-order valence-corrected chi connectivity index (χ4v) is 3.42. The molecule has 2 heterocycles. The smallest absolute Gasteiger partial charge is 0.223 e. The van der Waals surface area contributed by atoms with Gasteiger partial charge in [0.15, 0.2) is 0 Å². The summed E-state index contributed by atoms with van der Waals surface area (Å²) in [6.07, 6.45) is 4.72. The molecule has 1 N–H and O–H groups in total. The van der Waals surface area contributed by atoms with Crippen molar-refractivity contribution in [2.24, 2.45) is 0 Å². The first kappa shape index (κ1) is 15.3. The lowest BCUT2D eigenvalue weighted by molar-refractivity contribution is -0.131. The van der Waals surface area contributed by atoms with Crippen molar-refractivity contribution in [2.75, 3.05) is 25.9 Å². The number of hydrogen-bond acceptors (Lipinski definition) is 4. The number of amides is 1. The second-order valence-corrected chi connectivity index (χ2v) is 6.17. The molecule has 110 valence electrons. The van der Waals surface area contributed by atoms with Crippen molar-refractivity contribution in [3.05, 3.63) is 30.1 Å². The molecular formula is C15H23N3OS. The lowest BCUT2D eigenvalue weighted by atomic mass is 10.2. The Balaban J connectivity index is 1.67. The molecule has 4 nitrogen and oxygen atoms in total. The monoisotopic (exact) mass is 293 g/mol. The minimum absolute atomic E-state index is 0.302. The summed E-state index contributed by atoms with van der Waals surface area (Å²) in [5, 5.41) is 3.18. The molecule has 0 spiro atoms. The predicted molar refractivity (Wildman–Crippen MR) is 83.7 cm³/mol. The lowest BCUT2D eigenvalue weighted by Gasteiger charge is -2.24. The van der Waals surface area contributed by atoms with Crippen LogP contribution >= 0.6 is 11.8 Å². The second kappa shape index (κ2) is 8.27. The number of aromatic nitrogens is 1. The van der Waals surface area contributed by atoms with Gasteiger partial charge in [-0.05, 0) is 32.0 Å². The Morgan fingerprint density at radius 1 is 1.55 bits per heavy atom. The Morgan fingerprint density at radius 3 is 3.20 bits per heavy atom.